The van der Waals surface area contributed by atoms with Crippen molar-refractivity contribution in [2.24, 2.45) is 5.41 Å². The van der Waals surface area contributed by atoms with Crippen LogP contribution in [0, 0.1) is 5.41 Å². The Kier molecular flexibility index (Phi) is 8.06. The molecular formula is C26H24F3N3O5. The van der Waals surface area contributed by atoms with Gasteiger partial charge in [-0.2, -0.15) is 0 Å². The first-order valence-corrected chi connectivity index (χ1v) is 10.9. The Labute approximate surface area is 210 Å². The fraction of sp³-hybridized carbons (Fsp3) is 0.192. The van der Waals surface area contributed by atoms with E-state index in [4.69, 9.17) is 4.74 Å². The number of hydrogen-bond donors (Lipinski definition) is 3. The zero-order valence-corrected chi connectivity index (χ0v) is 20.1. The Bertz CT molecular complexity index is 1300. The van der Waals surface area contributed by atoms with Crippen molar-refractivity contribution < 1.29 is 37.3 Å². The average molecular weight is 515 g/mol. The van der Waals surface area contributed by atoms with Crippen molar-refractivity contribution in [1.29, 1.82) is 0 Å². The number of pyridine rings is 1. The van der Waals surface area contributed by atoms with Crippen LogP contribution in [0.15, 0.2) is 72.4 Å². The maximum absolute atomic E-state index is 12.5. The van der Waals surface area contributed by atoms with Crippen LogP contribution in [-0.2, 0) is 4.79 Å². The predicted molar refractivity (Wildman–Crippen MR) is 132 cm³/mol. The summed E-state index contributed by atoms with van der Waals surface area (Å²) in [5.41, 5.74) is 0.458. The summed E-state index contributed by atoms with van der Waals surface area (Å²) in [6.45, 7) is 5.35. The van der Waals surface area contributed by atoms with Gasteiger partial charge in [0.2, 0.25) is 5.88 Å². The lowest BCUT2D eigenvalue weighted by Gasteiger charge is -2.20. The van der Waals surface area contributed by atoms with E-state index in [1.807, 2.05) is 0 Å². The third kappa shape index (κ3) is 7.99. The first kappa shape index (κ1) is 27.1. The lowest BCUT2D eigenvalue weighted by molar-refractivity contribution is -0.274. The number of urea groups is 1. The maximum atomic E-state index is 12.5. The van der Waals surface area contributed by atoms with E-state index in [1.54, 1.807) is 57.2 Å². The minimum atomic E-state index is -4.82. The zero-order chi connectivity index (χ0) is 27.2. The highest BCUT2D eigenvalue weighted by molar-refractivity contribution is 6.00. The van der Waals surface area contributed by atoms with Crippen LogP contribution in [0.5, 0.6) is 17.4 Å². The van der Waals surface area contributed by atoms with Gasteiger partial charge in [-0.25, -0.2) is 14.6 Å². The van der Waals surface area contributed by atoms with Gasteiger partial charge in [0.05, 0.1) is 0 Å². The van der Waals surface area contributed by atoms with Crippen LogP contribution in [0.4, 0.5) is 29.3 Å². The second kappa shape index (κ2) is 11.0. The van der Waals surface area contributed by atoms with Crippen LogP contribution in [-0.4, -0.2) is 28.5 Å². The molecule has 0 aliphatic rings. The molecule has 0 unspecified atom stereocenters. The number of para-hydroxylation sites is 1. The number of carboxylic acid groups (broad SMARTS) is 1. The van der Waals surface area contributed by atoms with Crippen LogP contribution in [0.25, 0.3) is 6.08 Å². The average Bonchev–Trinajstić information content (AvgIpc) is 2.79. The molecule has 3 rings (SSSR count). The van der Waals surface area contributed by atoms with Gasteiger partial charge in [-0.3, -0.25) is 0 Å². The number of nitrogens with one attached hydrogen (secondary N) is 2. The largest absolute Gasteiger partial charge is 0.573 e. The number of carboxylic acids is 1. The number of rotatable bonds is 7. The Hall–Kier alpha value is -4.54. The molecule has 0 radical (unpaired) electrons. The fourth-order valence-corrected chi connectivity index (χ4v) is 3.14. The number of alkyl halides is 3. The monoisotopic (exact) mass is 515 g/mol. The molecule has 1 aromatic heterocycles. The predicted octanol–water partition coefficient (Wildman–Crippen LogP) is 6.93. The lowest BCUT2D eigenvalue weighted by Crippen LogP contribution is -2.20. The molecule has 2 amide bonds. The molecule has 0 aliphatic carbocycles. The van der Waals surface area contributed by atoms with Crippen LogP contribution in [0.3, 0.4) is 0 Å². The van der Waals surface area contributed by atoms with Gasteiger partial charge < -0.3 is 25.2 Å². The van der Waals surface area contributed by atoms with Crippen LogP contribution in [0.2, 0.25) is 0 Å². The normalized spacial score (nSPS) is 12.0. The van der Waals surface area contributed by atoms with Crippen molar-refractivity contribution >= 4 is 29.5 Å². The molecule has 0 aliphatic heterocycles. The molecule has 0 fully saturated rings. The molecule has 1 heterocycles. The molecule has 3 N–H and O–H groups in total. The van der Waals surface area contributed by atoms with Gasteiger partial charge in [0.15, 0.2) is 0 Å². The maximum Gasteiger partial charge on any atom is 0.573 e. The van der Waals surface area contributed by atoms with Gasteiger partial charge >= 0.3 is 18.4 Å². The summed E-state index contributed by atoms with van der Waals surface area (Å²) in [7, 11) is 0. The second-order valence-electron chi connectivity index (χ2n) is 8.76. The number of benzene rings is 2. The van der Waals surface area contributed by atoms with Gasteiger partial charge in [-0.05, 0) is 54.0 Å². The molecule has 3 aromatic rings. The summed E-state index contributed by atoms with van der Waals surface area (Å²) in [6, 6.07) is 13.8. The van der Waals surface area contributed by atoms with Gasteiger partial charge in [0.1, 0.15) is 17.2 Å². The summed E-state index contributed by atoms with van der Waals surface area (Å²) >= 11 is 0. The number of ether oxygens (including phenoxy) is 2. The quantitative estimate of drug-likeness (QED) is 0.294. The number of carbonyl (C=O) groups excluding carboxylic acids is 1. The van der Waals surface area contributed by atoms with Crippen LogP contribution in [0.1, 0.15) is 26.3 Å². The fourth-order valence-electron chi connectivity index (χ4n) is 3.14. The van der Waals surface area contributed by atoms with E-state index in [2.05, 4.69) is 20.4 Å². The van der Waals surface area contributed by atoms with Crippen molar-refractivity contribution in [1.82, 2.24) is 4.98 Å². The van der Waals surface area contributed by atoms with Crippen LogP contribution < -0.4 is 20.1 Å². The molecule has 0 saturated carbocycles. The third-order valence-corrected chi connectivity index (χ3v) is 4.83. The smallest absolute Gasteiger partial charge is 0.478 e. The van der Waals surface area contributed by atoms with E-state index in [0.717, 1.165) is 12.1 Å². The highest BCUT2D eigenvalue weighted by Crippen LogP contribution is 2.34. The summed E-state index contributed by atoms with van der Waals surface area (Å²) in [6.07, 6.45) is -1.85. The Morgan fingerprint density at radius 3 is 2.24 bits per heavy atom. The van der Waals surface area contributed by atoms with E-state index >= 15 is 0 Å². The van der Waals surface area contributed by atoms with Gasteiger partial charge in [0.25, 0.3) is 0 Å². The first-order valence-electron chi connectivity index (χ1n) is 10.9. The second-order valence-corrected chi connectivity index (χ2v) is 8.76. The van der Waals surface area contributed by atoms with E-state index < -0.39 is 29.5 Å². The summed E-state index contributed by atoms with van der Waals surface area (Å²) in [5.74, 6) is -1.13. The molecule has 8 nitrogen and oxygen atoms in total. The van der Waals surface area contributed by atoms with Crippen molar-refractivity contribution in [3.63, 3.8) is 0 Å². The highest BCUT2D eigenvalue weighted by atomic mass is 19.4. The molecule has 0 spiro atoms. The number of hydrogen-bond acceptors (Lipinski definition) is 5. The van der Waals surface area contributed by atoms with Crippen molar-refractivity contribution in [2.45, 2.75) is 27.1 Å². The standard InChI is InChI=1S/C26H24F3N3O5/c1-25(2,3)19(23(33)34)15-16-7-4-5-9-21(16)36-22-20(8-6-14-30-22)32-24(35)31-17-10-12-18(13-11-17)37-26(27,28)29/h4-15H,1-3H3,(H,33,34)(H2,31,32,35)/b19-15-. The lowest BCUT2D eigenvalue weighted by atomic mass is 9.85. The number of anilines is 2. The number of carbonyl (C=O) groups is 2. The van der Waals surface area contributed by atoms with E-state index in [9.17, 15) is 27.9 Å². The van der Waals surface area contributed by atoms with E-state index in [-0.39, 0.29) is 22.8 Å². The molecule has 0 saturated heterocycles. The number of halogens is 3. The summed E-state index contributed by atoms with van der Waals surface area (Å²) in [4.78, 5) is 28.5. The van der Waals surface area contributed by atoms with Gasteiger partial charge in [-0.15, -0.1) is 13.2 Å². The molecule has 11 heteroatoms. The minimum absolute atomic E-state index is 0.0417. The highest BCUT2D eigenvalue weighted by Gasteiger charge is 2.31. The Morgan fingerprint density at radius 1 is 0.946 bits per heavy atom. The molecule has 0 bridgehead atoms. The summed E-state index contributed by atoms with van der Waals surface area (Å²) < 4.78 is 46.7. The first-order chi connectivity index (χ1) is 17.3. The minimum Gasteiger partial charge on any atom is -0.478 e. The summed E-state index contributed by atoms with van der Waals surface area (Å²) in [5, 5.41) is 14.7. The molecule has 194 valence electrons. The molecule has 2 aromatic carbocycles. The van der Waals surface area contributed by atoms with E-state index in [0.29, 0.717) is 11.3 Å². The van der Waals surface area contributed by atoms with Crippen LogP contribution >= 0.6 is 0 Å². The number of aromatic nitrogens is 1. The Morgan fingerprint density at radius 2 is 1.62 bits per heavy atom. The van der Waals surface area contributed by atoms with Gasteiger partial charge in [-0.1, -0.05) is 39.0 Å². The molecule has 37 heavy (non-hydrogen) atoms. The Balaban J connectivity index is 1.78. The molecular weight excluding hydrogens is 491 g/mol. The van der Waals surface area contributed by atoms with Crippen molar-refractivity contribution in [2.75, 3.05) is 10.6 Å². The third-order valence-electron chi connectivity index (χ3n) is 4.83. The zero-order valence-electron chi connectivity index (χ0n) is 20.1. The topological polar surface area (TPSA) is 110 Å². The number of aliphatic carboxylic acids is 1. The molecule has 0 atom stereocenters. The van der Waals surface area contributed by atoms with Gasteiger partial charge in [0, 0.05) is 23.0 Å². The SMILES string of the molecule is CC(C)(C)/C(=C\c1ccccc1Oc1ncccc1NC(=O)Nc1ccc(OC(F)(F)F)cc1)C(=O)O. The van der Waals surface area contributed by atoms with E-state index in [1.165, 1.54) is 24.4 Å². The number of nitrogens with zero attached hydrogens (tertiary/aromatic N) is 1. The van der Waals surface area contributed by atoms with Crippen molar-refractivity contribution in [3.05, 3.63) is 78.0 Å². The number of amides is 2. The van der Waals surface area contributed by atoms with Crippen molar-refractivity contribution in [3.8, 4) is 17.4 Å².